The Kier molecular flexibility index (Phi) is 7.56. The molecule has 21 heavy (non-hydrogen) atoms. The second-order valence-electron chi connectivity index (χ2n) is 4.53. The van der Waals surface area contributed by atoms with Crippen LogP contribution in [0.25, 0.3) is 0 Å². The van der Waals surface area contributed by atoms with Crippen molar-refractivity contribution in [1.82, 2.24) is 5.32 Å². The Balaban J connectivity index is 2.12. The number of ether oxygens (including phenoxy) is 1. The van der Waals surface area contributed by atoms with Crippen molar-refractivity contribution in [3.8, 4) is 0 Å². The van der Waals surface area contributed by atoms with Gasteiger partial charge in [-0.05, 0) is 25.3 Å². The molecule has 0 unspecified atom stereocenters. The van der Waals surface area contributed by atoms with Gasteiger partial charge in [0.05, 0.1) is 0 Å². The van der Waals surface area contributed by atoms with Gasteiger partial charge in [0.1, 0.15) is 12.6 Å². The van der Waals surface area contributed by atoms with Gasteiger partial charge in [0.15, 0.2) is 0 Å². The Morgan fingerprint density at radius 3 is 2.71 bits per heavy atom. The Morgan fingerprint density at radius 1 is 1.33 bits per heavy atom. The average Bonchev–Trinajstić information content (AvgIpc) is 2.45. The zero-order valence-corrected chi connectivity index (χ0v) is 12.3. The third kappa shape index (κ3) is 6.97. The molecule has 4 N–H and O–H groups in total. The van der Waals surface area contributed by atoms with Crippen LogP contribution in [0.4, 0.5) is 4.79 Å². The maximum Gasteiger partial charge on any atom is 0.407 e. The summed E-state index contributed by atoms with van der Waals surface area (Å²) in [6, 6.07) is 6.27. The fourth-order valence-corrected chi connectivity index (χ4v) is 1.80. The van der Waals surface area contributed by atoms with Crippen LogP contribution in [-0.4, -0.2) is 29.8 Å². The summed E-state index contributed by atoms with van der Waals surface area (Å²) >= 11 is 5.94. The Labute approximate surface area is 128 Å². The molecular weight excluding hydrogens is 296 g/mol. The number of carbonyl (C=O) groups is 2. The van der Waals surface area contributed by atoms with E-state index in [-0.39, 0.29) is 6.61 Å². The van der Waals surface area contributed by atoms with E-state index < -0.39 is 18.1 Å². The number of carboxylic acid groups (broad SMARTS) is 1. The van der Waals surface area contributed by atoms with E-state index in [1.807, 2.05) is 6.07 Å². The monoisotopic (exact) mass is 314 g/mol. The van der Waals surface area contributed by atoms with Crippen molar-refractivity contribution >= 4 is 23.7 Å². The van der Waals surface area contributed by atoms with Crippen molar-refractivity contribution in [2.24, 2.45) is 5.73 Å². The molecule has 0 heterocycles. The number of rotatable bonds is 8. The quantitative estimate of drug-likeness (QED) is 0.638. The molecule has 0 aliphatic carbocycles. The smallest absolute Gasteiger partial charge is 0.407 e. The Hall–Kier alpha value is -1.79. The van der Waals surface area contributed by atoms with Crippen LogP contribution in [0.1, 0.15) is 24.8 Å². The molecule has 1 atom stereocenters. The van der Waals surface area contributed by atoms with E-state index in [4.69, 9.17) is 27.2 Å². The van der Waals surface area contributed by atoms with Gasteiger partial charge in [-0.1, -0.05) is 29.8 Å². The Morgan fingerprint density at radius 2 is 2.05 bits per heavy atom. The molecule has 0 aliphatic rings. The molecule has 116 valence electrons. The molecule has 1 aromatic rings. The first-order valence-corrected chi connectivity index (χ1v) is 7.01. The van der Waals surface area contributed by atoms with E-state index in [1.54, 1.807) is 18.2 Å². The number of nitrogens with one attached hydrogen (secondary N) is 1. The van der Waals surface area contributed by atoms with Crippen molar-refractivity contribution in [2.75, 3.05) is 6.54 Å². The van der Waals surface area contributed by atoms with Crippen LogP contribution in [0.5, 0.6) is 0 Å². The summed E-state index contributed by atoms with van der Waals surface area (Å²) < 4.78 is 5.02. The number of hydrogen-bond acceptors (Lipinski definition) is 4. The number of halogens is 1. The van der Waals surface area contributed by atoms with Crippen LogP contribution in [-0.2, 0) is 16.1 Å². The highest BCUT2D eigenvalue weighted by Crippen LogP contribution is 2.15. The van der Waals surface area contributed by atoms with Crippen molar-refractivity contribution in [1.29, 1.82) is 0 Å². The molecule has 1 amide bonds. The van der Waals surface area contributed by atoms with Gasteiger partial charge in [0.2, 0.25) is 0 Å². The molecule has 1 aromatic carbocycles. The highest BCUT2D eigenvalue weighted by Gasteiger charge is 2.10. The van der Waals surface area contributed by atoms with Crippen molar-refractivity contribution in [3.63, 3.8) is 0 Å². The maximum atomic E-state index is 11.4. The number of amides is 1. The summed E-state index contributed by atoms with van der Waals surface area (Å²) in [6.45, 7) is 0.517. The molecule has 0 spiro atoms. The van der Waals surface area contributed by atoms with E-state index in [1.165, 1.54) is 0 Å². The third-order valence-corrected chi connectivity index (χ3v) is 3.21. The van der Waals surface area contributed by atoms with Crippen LogP contribution in [0, 0.1) is 0 Å². The minimum absolute atomic E-state index is 0.107. The number of aliphatic carboxylic acids is 1. The van der Waals surface area contributed by atoms with Gasteiger partial charge in [0.25, 0.3) is 0 Å². The fourth-order valence-electron chi connectivity index (χ4n) is 1.61. The van der Waals surface area contributed by atoms with E-state index in [2.05, 4.69) is 5.32 Å². The molecule has 0 bridgehead atoms. The first-order chi connectivity index (χ1) is 10.0. The van der Waals surface area contributed by atoms with Gasteiger partial charge >= 0.3 is 12.1 Å². The van der Waals surface area contributed by atoms with Crippen molar-refractivity contribution in [2.45, 2.75) is 31.9 Å². The number of hydrogen-bond donors (Lipinski definition) is 3. The second-order valence-corrected chi connectivity index (χ2v) is 4.94. The number of nitrogens with two attached hydrogens (primary N) is 1. The van der Waals surface area contributed by atoms with E-state index in [0.717, 1.165) is 5.56 Å². The molecule has 0 aromatic heterocycles. The van der Waals surface area contributed by atoms with Gasteiger partial charge < -0.3 is 20.9 Å². The van der Waals surface area contributed by atoms with Crippen LogP contribution in [0.2, 0.25) is 5.02 Å². The largest absolute Gasteiger partial charge is 0.480 e. The second kappa shape index (κ2) is 9.20. The third-order valence-electron chi connectivity index (χ3n) is 2.85. The molecule has 0 saturated heterocycles. The van der Waals surface area contributed by atoms with Crippen LogP contribution < -0.4 is 11.1 Å². The number of alkyl carbamates (subject to hydrolysis) is 1. The zero-order valence-electron chi connectivity index (χ0n) is 11.5. The highest BCUT2D eigenvalue weighted by molar-refractivity contribution is 6.31. The molecule has 6 nitrogen and oxygen atoms in total. The van der Waals surface area contributed by atoms with E-state index in [9.17, 15) is 9.59 Å². The molecule has 0 fully saturated rings. The molecule has 0 aliphatic heterocycles. The van der Waals surface area contributed by atoms with E-state index in [0.29, 0.717) is 30.8 Å². The van der Waals surface area contributed by atoms with Crippen molar-refractivity contribution < 1.29 is 19.4 Å². The SMILES string of the molecule is N[C@@H](CCCCNC(=O)OCc1ccccc1Cl)C(=O)O. The van der Waals surface area contributed by atoms with Gasteiger partial charge in [-0.15, -0.1) is 0 Å². The maximum absolute atomic E-state index is 11.4. The molecule has 1 rings (SSSR count). The van der Waals surface area contributed by atoms with Crippen LogP contribution in [0.15, 0.2) is 24.3 Å². The lowest BCUT2D eigenvalue weighted by Crippen LogP contribution is -2.30. The predicted octanol–water partition coefficient (Wildman–Crippen LogP) is 2.15. The summed E-state index contributed by atoms with van der Waals surface area (Å²) in [7, 11) is 0. The summed E-state index contributed by atoms with van der Waals surface area (Å²) in [6.07, 6.45) is 1.11. The zero-order chi connectivity index (χ0) is 15.7. The molecular formula is C14H19ClN2O4. The predicted molar refractivity (Wildman–Crippen MR) is 79.1 cm³/mol. The summed E-state index contributed by atoms with van der Waals surface area (Å²) in [5, 5.41) is 11.7. The normalized spacial score (nSPS) is 11.7. The minimum Gasteiger partial charge on any atom is -0.480 e. The summed E-state index contributed by atoms with van der Waals surface area (Å²) in [5.41, 5.74) is 6.10. The average molecular weight is 315 g/mol. The highest BCUT2D eigenvalue weighted by atomic mass is 35.5. The van der Waals surface area contributed by atoms with Gasteiger partial charge in [-0.2, -0.15) is 0 Å². The summed E-state index contributed by atoms with van der Waals surface area (Å²) in [4.78, 5) is 21.9. The summed E-state index contributed by atoms with van der Waals surface area (Å²) in [5.74, 6) is -1.01. The fraction of sp³-hybridized carbons (Fsp3) is 0.429. The molecule has 7 heteroatoms. The van der Waals surface area contributed by atoms with Crippen molar-refractivity contribution in [3.05, 3.63) is 34.9 Å². The molecule has 0 saturated carbocycles. The topological polar surface area (TPSA) is 102 Å². The molecule has 0 radical (unpaired) electrons. The number of carbonyl (C=O) groups excluding carboxylic acids is 1. The van der Waals surface area contributed by atoms with Gasteiger partial charge in [0, 0.05) is 17.1 Å². The number of benzene rings is 1. The lowest BCUT2D eigenvalue weighted by molar-refractivity contribution is -0.138. The standard InChI is InChI=1S/C14H19ClN2O4/c15-11-6-2-1-5-10(11)9-21-14(20)17-8-4-3-7-12(16)13(18)19/h1-2,5-6,12H,3-4,7-9,16H2,(H,17,20)(H,18,19)/t12-/m0/s1. The van der Waals surface area contributed by atoms with Crippen LogP contribution >= 0.6 is 11.6 Å². The number of carboxylic acids is 1. The van der Waals surface area contributed by atoms with Crippen LogP contribution in [0.3, 0.4) is 0 Å². The Bertz CT molecular complexity index is 482. The first-order valence-electron chi connectivity index (χ1n) is 6.63. The van der Waals surface area contributed by atoms with Gasteiger partial charge in [-0.25, -0.2) is 4.79 Å². The lowest BCUT2D eigenvalue weighted by atomic mass is 10.1. The first kappa shape index (κ1) is 17.3. The number of unbranched alkanes of at least 4 members (excludes halogenated alkanes) is 1. The van der Waals surface area contributed by atoms with Gasteiger partial charge in [-0.3, -0.25) is 4.79 Å². The van der Waals surface area contributed by atoms with E-state index >= 15 is 0 Å². The minimum atomic E-state index is -1.01. The lowest BCUT2D eigenvalue weighted by Gasteiger charge is -2.09.